The fourth-order valence-electron chi connectivity index (χ4n) is 2.59. The van der Waals surface area contributed by atoms with Gasteiger partial charge in [-0.15, -0.1) is 0 Å². The number of carbonyl (C=O) groups excluding carboxylic acids is 3. The van der Waals surface area contributed by atoms with Gasteiger partial charge < -0.3 is 19.5 Å². The van der Waals surface area contributed by atoms with E-state index in [1.807, 2.05) is 12.2 Å². The van der Waals surface area contributed by atoms with Gasteiger partial charge in [0.2, 0.25) is 0 Å². The summed E-state index contributed by atoms with van der Waals surface area (Å²) in [5.41, 5.74) is -0.565. The molecule has 142 valence electrons. The Bertz CT molecular complexity index is 490. The zero-order valence-corrected chi connectivity index (χ0v) is 15.7. The zero-order valence-electron chi connectivity index (χ0n) is 15.7. The van der Waals surface area contributed by atoms with Crippen molar-refractivity contribution in [3.8, 4) is 0 Å². The van der Waals surface area contributed by atoms with Crippen LogP contribution in [-0.4, -0.2) is 42.9 Å². The van der Waals surface area contributed by atoms with Crippen molar-refractivity contribution in [1.29, 1.82) is 0 Å². The van der Waals surface area contributed by atoms with E-state index < -0.39 is 29.6 Å². The highest BCUT2D eigenvalue weighted by molar-refractivity contribution is 5.94. The first kappa shape index (κ1) is 21.0. The topological polar surface area (TPSA) is 90.9 Å². The lowest BCUT2D eigenvalue weighted by molar-refractivity contribution is -0.162. The minimum Gasteiger partial charge on any atom is -0.465 e. The van der Waals surface area contributed by atoms with Crippen molar-refractivity contribution in [3.63, 3.8) is 0 Å². The fourth-order valence-corrected chi connectivity index (χ4v) is 2.59. The molecule has 1 aliphatic carbocycles. The lowest BCUT2D eigenvalue weighted by atomic mass is 9.93. The molecular formula is C18H29NO6. The number of rotatable bonds is 7. The number of carbonyl (C=O) groups is 3. The molecule has 1 rings (SSSR count). The Labute approximate surface area is 149 Å². The van der Waals surface area contributed by atoms with Crippen molar-refractivity contribution in [2.45, 2.75) is 59.1 Å². The van der Waals surface area contributed by atoms with Crippen LogP contribution < -0.4 is 5.32 Å². The lowest BCUT2D eigenvalue weighted by Gasteiger charge is -2.22. The van der Waals surface area contributed by atoms with Gasteiger partial charge in [-0.1, -0.05) is 12.2 Å². The fraction of sp³-hybridized carbons (Fsp3) is 0.722. The first-order valence-corrected chi connectivity index (χ1v) is 8.67. The quantitative estimate of drug-likeness (QED) is 0.327. The Morgan fingerprint density at radius 1 is 1.08 bits per heavy atom. The van der Waals surface area contributed by atoms with Gasteiger partial charge in [0.15, 0.2) is 5.92 Å². The molecular weight excluding hydrogens is 326 g/mol. The Morgan fingerprint density at radius 3 is 2.12 bits per heavy atom. The van der Waals surface area contributed by atoms with Crippen LogP contribution in [0.4, 0.5) is 4.79 Å². The number of ether oxygens (including phenoxy) is 3. The molecule has 0 saturated heterocycles. The van der Waals surface area contributed by atoms with Gasteiger partial charge in [-0.2, -0.15) is 0 Å². The van der Waals surface area contributed by atoms with Crippen LogP contribution in [0.3, 0.4) is 0 Å². The second-order valence-electron chi connectivity index (χ2n) is 6.93. The molecule has 2 atom stereocenters. The molecule has 0 bridgehead atoms. The summed E-state index contributed by atoms with van der Waals surface area (Å²) in [6.45, 7) is 9.18. The summed E-state index contributed by atoms with van der Waals surface area (Å²) < 4.78 is 15.2. The van der Waals surface area contributed by atoms with Gasteiger partial charge in [0.05, 0.1) is 19.3 Å². The third-order valence-electron chi connectivity index (χ3n) is 3.56. The van der Waals surface area contributed by atoms with Crippen LogP contribution in [0.5, 0.6) is 0 Å². The number of hydrogen-bond acceptors (Lipinski definition) is 6. The number of alkyl carbamates (subject to hydrolysis) is 1. The summed E-state index contributed by atoms with van der Waals surface area (Å²) in [7, 11) is 0. The smallest absolute Gasteiger partial charge is 0.408 e. The molecule has 1 N–H and O–H groups in total. The molecule has 0 saturated carbocycles. The highest BCUT2D eigenvalue weighted by atomic mass is 16.6. The maximum absolute atomic E-state index is 12.0. The van der Waals surface area contributed by atoms with Crippen molar-refractivity contribution >= 4 is 18.0 Å². The van der Waals surface area contributed by atoms with Crippen LogP contribution in [0, 0.1) is 11.8 Å². The Hall–Kier alpha value is -2.05. The second-order valence-corrected chi connectivity index (χ2v) is 6.93. The molecule has 7 nitrogen and oxygen atoms in total. The molecule has 0 heterocycles. The summed E-state index contributed by atoms with van der Waals surface area (Å²) in [5, 5.41) is 2.77. The Balaban J connectivity index is 2.58. The van der Waals surface area contributed by atoms with E-state index in [0.717, 1.165) is 0 Å². The zero-order chi connectivity index (χ0) is 19.0. The molecule has 0 radical (unpaired) electrons. The monoisotopic (exact) mass is 355 g/mol. The molecule has 0 spiro atoms. The van der Waals surface area contributed by atoms with Crippen LogP contribution >= 0.6 is 0 Å². The maximum atomic E-state index is 12.0. The first-order chi connectivity index (χ1) is 11.7. The standard InChI is InChI=1S/C18H29NO6/c1-6-23-15(20)14(16(21)24-7-2)11-12-8-9-13(10-12)19-17(22)25-18(3,4)5/h8-9,12-14H,6-7,10-11H2,1-5H3,(H,19,22). The lowest BCUT2D eigenvalue weighted by Crippen LogP contribution is -2.38. The van der Waals surface area contributed by atoms with Gasteiger partial charge in [0.1, 0.15) is 5.60 Å². The Kier molecular flexibility index (Phi) is 7.93. The van der Waals surface area contributed by atoms with E-state index in [0.29, 0.717) is 12.8 Å². The molecule has 1 aliphatic rings. The van der Waals surface area contributed by atoms with E-state index in [1.54, 1.807) is 34.6 Å². The predicted octanol–water partition coefficient (Wildman–Crippen LogP) is 2.59. The number of nitrogens with one attached hydrogen (secondary N) is 1. The molecule has 0 aromatic carbocycles. The highest BCUT2D eigenvalue weighted by Crippen LogP contribution is 2.26. The van der Waals surface area contributed by atoms with Gasteiger partial charge in [0, 0.05) is 0 Å². The van der Waals surface area contributed by atoms with Gasteiger partial charge in [-0.25, -0.2) is 4.79 Å². The summed E-state index contributed by atoms with van der Waals surface area (Å²) in [6.07, 6.45) is 4.14. The number of hydrogen-bond donors (Lipinski definition) is 1. The summed E-state index contributed by atoms with van der Waals surface area (Å²) in [5.74, 6) is -2.12. The molecule has 0 aromatic rings. The van der Waals surface area contributed by atoms with Gasteiger partial charge in [0.25, 0.3) is 0 Å². The van der Waals surface area contributed by atoms with E-state index in [9.17, 15) is 14.4 Å². The first-order valence-electron chi connectivity index (χ1n) is 8.67. The van der Waals surface area contributed by atoms with Crippen LogP contribution in [0.25, 0.3) is 0 Å². The largest absolute Gasteiger partial charge is 0.465 e. The van der Waals surface area contributed by atoms with Gasteiger partial charge in [-0.3, -0.25) is 9.59 Å². The maximum Gasteiger partial charge on any atom is 0.408 e. The average Bonchev–Trinajstić information content (AvgIpc) is 2.90. The second kappa shape index (κ2) is 9.44. The van der Waals surface area contributed by atoms with Crippen LogP contribution in [-0.2, 0) is 23.8 Å². The third kappa shape index (κ3) is 7.58. The van der Waals surface area contributed by atoms with Gasteiger partial charge >= 0.3 is 18.0 Å². The van der Waals surface area contributed by atoms with E-state index >= 15 is 0 Å². The molecule has 2 unspecified atom stereocenters. The minimum atomic E-state index is -0.949. The van der Waals surface area contributed by atoms with Crippen molar-refractivity contribution in [1.82, 2.24) is 5.32 Å². The average molecular weight is 355 g/mol. The molecule has 25 heavy (non-hydrogen) atoms. The SMILES string of the molecule is CCOC(=O)C(CC1C=CC(NC(=O)OC(C)(C)C)C1)C(=O)OCC. The van der Waals surface area contributed by atoms with Crippen molar-refractivity contribution in [2.75, 3.05) is 13.2 Å². The van der Waals surface area contributed by atoms with Crippen molar-refractivity contribution in [3.05, 3.63) is 12.2 Å². The molecule has 7 heteroatoms. The van der Waals surface area contributed by atoms with Crippen molar-refractivity contribution < 1.29 is 28.6 Å². The molecule has 0 fully saturated rings. The molecule has 0 aromatic heterocycles. The van der Waals surface area contributed by atoms with E-state index in [-0.39, 0.29) is 25.2 Å². The number of esters is 2. The van der Waals surface area contributed by atoms with E-state index in [2.05, 4.69) is 5.32 Å². The predicted molar refractivity (Wildman–Crippen MR) is 91.8 cm³/mol. The molecule has 1 amide bonds. The van der Waals surface area contributed by atoms with E-state index in [1.165, 1.54) is 0 Å². The summed E-state index contributed by atoms with van der Waals surface area (Å²) in [4.78, 5) is 35.9. The number of amides is 1. The normalized spacial score (nSPS) is 19.6. The number of allylic oxidation sites excluding steroid dienone is 1. The van der Waals surface area contributed by atoms with Crippen LogP contribution in [0.1, 0.15) is 47.5 Å². The van der Waals surface area contributed by atoms with Crippen LogP contribution in [0.15, 0.2) is 12.2 Å². The summed E-state index contributed by atoms with van der Waals surface area (Å²) >= 11 is 0. The van der Waals surface area contributed by atoms with E-state index in [4.69, 9.17) is 14.2 Å². The third-order valence-corrected chi connectivity index (χ3v) is 3.56. The van der Waals surface area contributed by atoms with Crippen molar-refractivity contribution in [2.24, 2.45) is 11.8 Å². The minimum absolute atomic E-state index is 0.0289. The highest BCUT2D eigenvalue weighted by Gasteiger charge is 2.34. The van der Waals surface area contributed by atoms with Crippen LogP contribution in [0.2, 0.25) is 0 Å². The summed E-state index contributed by atoms with van der Waals surface area (Å²) in [6, 6.07) is -0.190. The molecule has 0 aliphatic heterocycles. The Morgan fingerprint density at radius 2 is 1.64 bits per heavy atom. The van der Waals surface area contributed by atoms with Gasteiger partial charge in [-0.05, 0) is 53.4 Å².